The van der Waals surface area contributed by atoms with Gasteiger partial charge < -0.3 is 15.5 Å². The molecular formula is C27H48N2O4S. The quantitative estimate of drug-likeness (QED) is 0.156. The average molecular weight is 497 g/mol. The Morgan fingerprint density at radius 2 is 1.62 bits per heavy atom. The summed E-state index contributed by atoms with van der Waals surface area (Å²) in [4.78, 5) is 25.2. The minimum atomic E-state index is -0.279. The van der Waals surface area contributed by atoms with Gasteiger partial charge in [0.25, 0.3) is 0 Å². The van der Waals surface area contributed by atoms with E-state index >= 15 is 0 Å². The molecule has 0 saturated carbocycles. The third-order valence-electron chi connectivity index (χ3n) is 7.88. The third-order valence-corrected chi connectivity index (χ3v) is 8.90. The molecule has 0 unspecified atom stereocenters. The summed E-state index contributed by atoms with van der Waals surface area (Å²) in [6.07, 6.45) is 8.24. The average Bonchev–Trinajstić information content (AvgIpc) is 3.10. The van der Waals surface area contributed by atoms with Gasteiger partial charge in [-0.2, -0.15) is 0 Å². The summed E-state index contributed by atoms with van der Waals surface area (Å²) in [5, 5.41) is 23.8. The maximum atomic E-state index is 12.5. The lowest BCUT2D eigenvalue weighted by molar-refractivity contribution is -0.127. The van der Waals surface area contributed by atoms with Crippen LogP contribution in [0.3, 0.4) is 0 Å². The van der Waals surface area contributed by atoms with Gasteiger partial charge in [-0.05, 0) is 37.5 Å². The number of thioether (sulfide) groups is 1. The number of carbonyl (C=O) groups is 2. The zero-order valence-corrected chi connectivity index (χ0v) is 23.2. The first kappa shape index (κ1) is 30.4. The molecule has 1 aromatic heterocycles. The number of amides is 1. The maximum Gasteiger partial charge on any atom is 0.219 e. The van der Waals surface area contributed by atoms with Crippen LogP contribution < -0.4 is 5.32 Å². The number of Topliss-reactive ketones (excluding diaryl/α,β-unsaturated/α-hetero) is 1. The van der Waals surface area contributed by atoms with Gasteiger partial charge in [-0.15, -0.1) is 11.8 Å². The molecule has 0 aliphatic rings. The summed E-state index contributed by atoms with van der Waals surface area (Å²) in [6.45, 7) is 14.0. The van der Waals surface area contributed by atoms with Crippen LogP contribution in [0, 0.1) is 10.8 Å². The minimum absolute atomic E-state index is 0.0333. The zero-order valence-electron chi connectivity index (χ0n) is 22.3. The van der Waals surface area contributed by atoms with Crippen LogP contribution in [0.25, 0.3) is 0 Å². The van der Waals surface area contributed by atoms with E-state index < -0.39 is 0 Å². The molecule has 0 aliphatic carbocycles. The molecule has 34 heavy (non-hydrogen) atoms. The molecule has 0 bridgehead atoms. The van der Waals surface area contributed by atoms with E-state index in [-0.39, 0.29) is 28.9 Å². The summed E-state index contributed by atoms with van der Waals surface area (Å²) in [6, 6.07) is 1.57. The van der Waals surface area contributed by atoms with Crippen LogP contribution in [-0.4, -0.2) is 38.8 Å². The van der Waals surface area contributed by atoms with E-state index in [0.29, 0.717) is 35.4 Å². The lowest BCUT2D eigenvalue weighted by atomic mass is 9.79. The van der Waals surface area contributed by atoms with Crippen LogP contribution in [0.2, 0.25) is 0 Å². The number of carbonyl (C=O) groups excluding carboxylic acids is 2. The van der Waals surface area contributed by atoms with E-state index in [1.807, 2.05) is 20.8 Å². The first-order chi connectivity index (χ1) is 16.1. The van der Waals surface area contributed by atoms with Crippen LogP contribution in [0.15, 0.2) is 11.0 Å². The van der Waals surface area contributed by atoms with Gasteiger partial charge in [0.1, 0.15) is 5.78 Å². The normalized spacial score (nSPS) is 12.2. The lowest BCUT2D eigenvalue weighted by Crippen LogP contribution is -2.28. The molecule has 1 amide bonds. The predicted molar refractivity (Wildman–Crippen MR) is 142 cm³/mol. The first-order valence-electron chi connectivity index (χ1n) is 13.1. The molecule has 0 aliphatic heterocycles. The second kappa shape index (κ2) is 14.7. The predicted octanol–water partition coefficient (Wildman–Crippen LogP) is 6.67. The molecule has 7 heteroatoms. The summed E-state index contributed by atoms with van der Waals surface area (Å²) in [5.74, 6) is 1.01. The van der Waals surface area contributed by atoms with E-state index in [0.717, 1.165) is 57.9 Å². The van der Waals surface area contributed by atoms with Crippen LogP contribution in [-0.2, 0) is 16.1 Å². The fraction of sp³-hybridized carbons (Fsp3) is 0.778. The molecule has 1 rings (SSSR count). The molecule has 0 fully saturated rings. The third kappa shape index (κ3) is 9.20. The molecule has 1 heterocycles. The topological polar surface area (TPSA) is 91.6 Å². The summed E-state index contributed by atoms with van der Waals surface area (Å²) >= 11 is 1.40. The van der Waals surface area contributed by atoms with Gasteiger partial charge in [-0.25, -0.2) is 0 Å². The van der Waals surface area contributed by atoms with Crippen molar-refractivity contribution < 1.29 is 19.8 Å². The van der Waals surface area contributed by atoms with Crippen molar-refractivity contribution in [1.82, 2.24) is 9.88 Å². The molecule has 0 atom stereocenters. The molecule has 0 saturated heterocycles. The molecule has 0 aromatic carbocycles. The van der Waals surface area contributed by atoms with Gasteiger partial charge in [-0.3, -0.25) is 14.2 Å². The second-order valence-electron chi connectivity index (χ2n) is 10.1. The van der Waals surface area contributed by atoms with E-state index in [2.05, 4.69) is 26.1 Å². The van der Waals surface area contributed by atoms with Crippen LogP contribution in [0.4, 0.5) is 0 Å². The number of aromatic nitrogens is 1. The van der Waals surface area contributed by atoms with Crippen molar-refractivity contribution in [2.24, 2.45) is 10.8 Å². The Kier molecular flexibility index (Phi) is 13.1. The number of nitrogens with one attached hydrogen (secondary N) is 1. The highest BCUT2D eigenvalue weighted by Gasteiger charge is 2.28. The fourth-order valence-corrected chi connectivity index (χ4v) is 4.89. The highest BCUT2D eigenvalue weighted by atomic mass is 32.2. The Hall–Kier alpha value is -1.63. The van der Waals surface area contributed by atoms with Crippen molar-refractivity contribution in [2.75, 3.05) is 12.3 Å². The van der Waals surface area contributed by atoms with Crippen molar-refractivity contribution in [3.63, 3.8) is 0 Å². The number of hydrogen-bond donors (Lipinski definition) is 3. The highest BCUT2D eigenvalue weighted by molar-refractivity contribution is 7.99. The van der Waals surface area contributed by atoms with E-state index in [1.165, 1.54) is 16.3 Å². The maximum absolute atomic E-state index is 12.5. The van der Waals surface area contributed by atoms with Crippen LogP contribution >= 0.6 is 11.8 Å². The number of rotatable bonds is 18. The Bertz CT molecular complexity index is 767. The minimum Gasteiger partial charge on any atom is -0.494 e. The van der Waals surface area contributed by atoms with Gasteiger partial charge in [0.15, 0.2) is 5.88 Å². The number of aromatic hydroxyl groups is 2. The van der Waals surface area contributed by atoms with Gasteiger partial charge in [0.2, 0.25) is 11.8 Å². The Labute approximate surface area is 211 Å². The van der Waals surface area contributed by atoms with Crippen molar-refractivity contribution in [3.05, 3.63) is 6.07 Å². The number of ketones is 1. The van der Waals surface area contributed by atoms with Crippen LogP contribution in [0.1, 0.15) is 106 Å². The number of unbranched alkanes of at least 4 members (excludes halogenated alkanes) is 2. The van der Waals surface area contributed by atoms with Crippen molar-refractivity contribution >= 4 is 23.5 Å². The van der Waals surface area contributed by atoms with E-state index in [9.17, 15) is 19.8 Å². The SMILES string of the molecule is CCC(C)(CC)CCNC(=O)CCCCCn1c(O)cc(SCCC(=O)C(C)(CC)CC)c1O. The molecule has 0 spiro atoms. The smallest absolute Gasteiger partial charge is 0.219 e. The van der Waals surface area contributed by atoms with Crippen molar-refractivity contribution in [3.8, 4) is 11.8 Å². The van der Waals surface area contributed by atoms with Crippen molar-refractivity contribution in [1.29, 1.82) is 0 Å². The standard InChI is InChI=1S/C27H48N2O4S/c1-7-26(5,8-2)16-17-28-23(31)14-12-11-13-18-29-24(32)20-21(25(29)33)34-19-15-22(30)27(6,9-3)10-4/h20,32-33H,7-19H2,1-6H3,(H,28,31). The van der Waals surface area contributed by atoms with Gasteiger partial charge >= 0.3 is 0 Å². The monoisotopic (exact) mass is 496 g/mol. The highest BCUT2D eigenvalue weighted by Crippen LogP contribution is 2.37. The van der Waals surface area contributed by atoms with Gasteiger partial charge in [0, 0.05) is 43.2 Å². The lowest BCUT2D eigenvalue weighted by Gasteiger charge is -2.26. The second-order valence-corrected chi connectivity index (χ2v) is 11.2. The van der Waals surface area contributed by atoms with Gasteiger partial charge in [-0.1, -0.05) is 60.8 Å². The van der Waals surface area contributed by atoms with Gasteiger partial charge in [0.05, 0.1) is 4.90 Å². The summed E-state index contributed by atoms with van der Waals surface area (Å²) < 4.78 is 1.50. The molecule has 196 valence electrons. The summed E-state index contributed by atoms with van der Waals surface area (Å²) in [7, 11) is 0. The Morgan fingerprint density at radius 1 is 0.971 bits per heavy atom. The number of nitrogens with zero attached hydrogens (tertiary/aromatic N) is 1. The first-order valence-corrected chi connectivity index (χ1v) is 14.1. The largest absolute Gasteiger partial charge is 0.494 e. The van der Waals surface area contributed by atoms with E-state index in [4.69, 9.17) is 0 Å². The Balaban J connectivity index is 2.36. The zero-order chi connectivity index (χ0) is 25.8. The molecule has 3 N–H and O–H groups in total. The number of hydrogen-bond acceptors (Lipinski definition) is 5. The van der Waals surface area contributed by atoms with Crippen molar-refractivity contribution in [2.45, 2.75) is 117 Å². The fourth-order valence-electron chi connectivity index (χ4n) is 3.96. The van der Waals surface area contributed by atoms with Crippen LogP contribution in [0.5, 0.6) is 11.8 Å². The molecule has 6 nitrogen and oxygen atoms in total. The molecule has 1 aromatic rings. The molecular weight excluding hydrogens is 448 g/mol. The van der Waals surface area contributed by atoms with E-state index in [1.54, 1.807) is 6.07 Å². The Morgan fingerprint density at radius 3 is 2.21 bits per heavy atom. The summed E-state index contributed by atoms with van der Waals surface area (Å²) in [5.41, 5.74) is 0.0193. The molecule has 0 radical (unpaired) electrons.